The molecule has 2 aromatic rings. The van der Waals surface area contributed by atoms with Crippen LogP contribution in [0, 0.1) is 0 Å². The number of benzene rings is 1. The van der Waals surface area contributed by atoms with E-state index in [2.05, 4.69) is 19.9 Å². The second-order valence-electron chi connectivity index (χ2n) is 4.43. The van der Waals surface area contributed by atoms with Crippen molar-refractivity contribution in [2.24, 2.45) is 0 Å². The predicted octanol–water partition coefficient (Wildman–Crippen LogP) is 1.10. The number of nitrogens with one attached hydrogen (secondary N) is 1. The smallest absolute Gasteiger partial charge is 0.354 e. The van der Waals surface area contributed by atoms with Crippen molar-refractivity contribution in [3.05, 3.63) is 48.4 Å². The number of hydrogen-bond acceptors (Lipinski definition) is 7. The van der Waals surface area contributed by atoms with Gasteiger partial charge in [-0.05, 0) is 12.1 Å². The Morgan fingerprint density at radius 3 is 2.65 bits per heavy atom. The van der Waals surface area contributed by atoms with Gasteiger partial charge in [0.2, 0.25) is 0 Å². The Morgan fingerprint density at radius 1 is 1.26 bits per heavy atom. The lowest BCUT2D eigenvalue weighted by atomic mass is 10.3. The lowest BCUT2D eigenvalue weighted by Crippen LogP contribution is -2.15. The molecule has 1 heterocycles. The lowest BCUT2D eigenvalue weighted by molar-refractivity contribution is -0.138. The average Bonchev–Trinajstić information content (AvgIpc) is 3.02. The Morgan fingerprint density at radius 2 is 2.00 bits per heavy atom. The van der Waals surface area contributed by atoms with E-state index in [1.54, 1.807) is 23.0 Å². The number of aromatic nitrogens is 2. The monoisotopic (exact) mass is 316 g/mol. The number of carbonyl (C=O) groups is 2. The Kier molecular flexibility index (Phi) is 4.98. The molecule has 0 atom stereocenters. The van der Waals surface area contributed by atoms with Gasteiger partial charge in [-0.15, -0.1) is 0 Å². The summed E-state index contributed by atoms with van der Waals surface area (Å²) in [6.45, 7) is 0. The molecule has 0 bridgehead atoms. The first-order chi connectivity index (χ1) is 11.0. The molecule has 0 saturated heterocycles. The van der Waals surface area contributed by atoms with Crippen molar-refractivity contribution in [2.45, 2.75) is 0 Å². The maximum absolute atomic E-state index is 11.7. The zero-order valence-electron chi connectivity index (χ0n) is 12.6. The van der Waals surface area contributed by atoms with E-state index >= 15 is 0 Å². The fraction of sp³-hybridized carbons (Fsp3) is 0.133. The molecule has 1 aromatic carbocycles. The number of rotatable bonds is 5. The van der Waals surface area contributed by atoms with Crippen LogP contribution in [0.1, 0.15) is 0 Å². The first-order valence-electron chi connectivity index (χ1n) is 6.59. The summed E-state index contributed by atoms with van der Waals surface area (Å²) in [6.07, 6.45) is 4.11. The number of methoxy groups -OCH3 is 2. The largest absolute Gasteiger partial charge is 0.466 e. The van der Waals surface area contributed by atoms with E-state index < -0.39 is 11.9 Å². The van der Waals surface area contributed by atoms with Crippen LogP contribution in [0.3, 0.4) is 0 Å². The maximum Gasteiger partial charge on any atom is 0.354 e. The SMILES string of the molecule is COC(=O)/C=C(/Nc1cnn(-c2ccccc2N)c1)C(=O)OC. The van der Waals surface area contributed by atoms with Gasteiger partial charge in [-0.1, -0.05) is 12.1 Å². The van der Waals surface area contributed by atoms with Crippen LogP contribution in [-0.2, 0) is 19.1 Å². The number of nitrogens with zero attached hydrogens (tertiary/aromatic N) is 2. The van der Waals surface area contributed by atoms with Crippen molar-refractivity contribution < 1.29 is 19.1 Å². The van der Waals surface area contributed by atoms with Gasteiger partial charge in [0.1, 0.15) is 5.70 Å². The molecule has 8 nitrogen and oxygen atoms in total. The van der Waals surface area contributed by atoms with Crippen LogP contribution in [-0.4, -0.2) is 35.9 Å². The van der Waals surface area contributed by atoms with Crippen LogP contribution >= 0.6 is 0 Å². The number of nitrogens with two attached hydrogens (primary N) is 1. The molecule has 0 unspecified atom stereocenters. The number of nitrogen functional groups attached to an aromatic ring is 1. The molecule has 8 heteroatoms. The molecule has 0 radical (unpaired) electrons. The fourth-order valence-corrected chi connectivity index (χ4v) is 1.80. The first-order valence-corrected chi connectivity index (χ1v) is 6.59. The molecule has 23 heavy (non-hydrogen) atoms. The van der Waals surface area contributed by atoms with Crippen LogP contribution in [0.25, 0.3) is 5.69 Å². The summed E-state index contributed by atoms with van der Waals surface area (Å²) in [5.74, 6) is -1.39. The van der Waals surface area contributed by atoms with E-state index in [9.17, 15) is 9.59 Å². The highest BCUT2D eigenvalue weighted by atomic mass is 16.5. The van der Waals surface area contributed by atoms with Gasteiger partial charge < -0.3 is 20.5 Å². The average molecular weight is 316 g/mol. The van der Waals surface area contributed by atoms with Gasteiger partial charge in [0.15, 0.2) is 0 Å². The highest BCUT2D eigenvalue weighted by Crippen LogP contribution is 2.18. The number of anilines is 2. The topological polar surface area (TPSA) is 108 Å². The minimum Gasteiger partial charge on any atom is -0.466 e. The zero-order chi connectivity index (χ0) is 16.8. The third-order valence-corrected chi connectivity index (χ3v) is 2.91. The van der Waals surface area contributed by atoms with E-state index in [1.807, 2.05) is 12.1 Å². The quantitative estimate of drug-likeness (QED) is 0.483. The molecule has 0 aliphatic carbocycles. The summed E-state index contributed by atoms with van der Waals surface area (Å²) in [6, 6.07) is 7.20. The van der Waals surface area contributed by atoms with Crippen LogP contribution in [0.5, 0.6) is 0 Å². The van der Waals surface area contributed by atoms with E-state index in [0.717, 1.165) is 6.08 Å². The standard InChI is InChI=1S/C15H16N4O4/c1-22-14(20)7-12(15(21)23-2)18-10-8-17-19(9-10)13-6-4-3-5-11(13)16/h3-9,18H,16H2,1-2H3/b12-7+. The maximum atomic E-state index is 11.7. The molecule has 0 spiro atoms. The van der Waals surface area contributed by atoms with Gasteiger partial charge in [0.05, 0.1) is 49.8 Å². The molecule has 0 aliphatic rings. The van der Waals surface area contributed by atoms with Gasteiger partial charge in [0, 0.05) is 0 Å². The minimum atomic E-state index is -0.706. The summed E-state index contributed by atoms with van der Waals surface area (Å²) in [5.41, 5.74) is 7.55. The normalized spacial score (nSPS) is 11.0. The number of ether oxygens (including phenoxy) is 2. The lowest BCUT2D eigenvalue weighted by Gasteiger charge is -2.07. The molecular formula is C15H16N4O4. The summed E-state index contributed by atoms with van der Waals surface area (Å²) >= 11 is 0. The second-order valence-corrected chi connectivity index (χ2v) is 4.43. The van der Waals surface area contributed by atoms with Crippen molar-refractivity contribution >= 4 is 23.3 Å². The van der Waals surface area contributed by atoms with E-state index in [1.165, 1.54) is 20.4 Å². The van der Waals surface area contributed by atoms with Gasteiger partial charge in [0.25, 0.3) is 0 Å². The Balaban J connectivity index is 2.26. The van der Waals surface area contributed by atoms with Crippen LogP contribution < -0.4 is 11.1 Å². The zero-order valence-corrected chi connectivity index (χ0v) is 12.6. The Bertz CT molecular complexity index is 751. The highest BCUT2D eigenvalue weighted by Gasteiger charge is 2.14. The first kappa shape index (κ1) is 16.1. The summed E-state index contributed by atoms with van der Waals surface area (Å²) in [7, 11) is 2.42. The Labute approximate surface area is 132 Å². The number of hydrogen-bond donors (Lipinski definition) is 2. The minimum absolute atomic E-state index is 0.0695. The molecule has 0 fully saturated rings. The molecule has 3 N–H and O–H groups in total. The molecular weight excluding hydrogens is 300 g/mol. The molecule has 0 aliphatic heterocycles. The van der Waals surface area contributed by atoms with Gasteiger partial charge in [-0.2, -0.15) is 5.10 Å². The van der Waals surface area contributed by atoms with Crippen molar-refractivity contribution in [3.8, 4) is 5.69 Å². The fourth-order valence-electron chi connectivity index (χ4n) is 1.80. The van der Waals surface area contributed by atoms with Gasteiger partial charge >= 0.3 is 11.9 Å². The molecule has 120 valence electrons. The van der Waals surface area contributed by atoms with Crippen molar-refractivity contribution in [3.63, 3.8) is 0 Å². The molecule has 2 rings (SSSR count). The van der Waals surface area contributed by atoms with Crippen molar-refractivity contribution in [2.75, 3.05) is 25.3 Å². The summed E-state index contributed by atoms with van der Waals surface area (Å²) in [5, 5.41) is 6.93. The van der Waals surface area contributed by atoms with Crippen molar-refractivity contribution in [1.82, 2.24) is 9.78 Å². The van der Waals surface area contributed by atoms with E-state index in [4.69, 9.17) is 5.73 Å². The molecule has 1 aromatic heterocycles. The number of carbonyl (C=O) groups excluding carboxylic acids is 2. The predicted molar refractivity (Wildman–Crippen MR) is 83.7 cm³/mol. The van der Waals surface area contributed by atoms with Crippen LogP contribution in [0.15, 0.2) is 48.4 Å². The number of esters is 2. The van der Waals surface area contributed by atoms with Crippen LogP contribution in [0.4, 0.5) is 11.4 Å². The third-order valence-electron chi connectivity index (χ3n) is 2.91. The van der Waals surface area contributed by atoms with E-state index in [0.29, 0.717) is 17.1 Å². The van der Waals surface area contributed by atoms with Gasteiger partial charge in [-0.3, -0.25) is 0 Å². The van der Waals surface area contributed by atoms with E-state index in [-0.39, 0.29) is 5.70 Å². The Hall–Kier alpha value is -3.29. The third kappa shape index (κ3) is 3.88. The highest BCUT2D eigenvalue weighted by molar-refractivity contribution is 5.98. The van der Waals surface area contributed by atoms with Gasteiger partial charge in [-0.25, -0.2) is 14.3 Å². The van der Waals surface area contributed by atoms with Crippen molar-refractivity contribution in [1.29, 1.82) is 0 Å². The number of para-hydroxylation sites is 2. The van der Waals surface area contributed by atoms with Crippen LogP contribution in [0.2, 0.25) is 0 Å². The summed E-state index contributed by atoms with van der Waals surface area (Å²) in [4.78, 5) is 23.0. The molecule has 0 saturated carbocycles. The summed E-state index contributed by atoms with van der Waals surface area (Å²) < 4.78 is 10.7. The molecule has 0 amide bonds. The second kappa shape index (κ2) is 7.12.